The number of benzene rings is 2. The molecule has 2 N–H and O–H groups in total. The second kappa shape index (κ2) is 10.9. The molecule has 0 saturated carbocycles. The Morgan fingerprint density at radius 1 is 0.821 bits per heavy atom. The fraction of sp³-hybridized carbons (Fsp3) is 0.263. The number of nitrogens with one attached hydrogen (secondary N) is 2. The molecule has 0 atom stereocenters. The summed E-state index contributed by atoms with van der Waals surface area (Å²) in [5.74, 6) is -0.519. The normalized spacial score (nSPS) is 10.8. The largest absolute Gasteiger partial charge is 0.324 e. The first-order valence-corrected chi connectivity index (χ1v) is 10.0. The lowest BCUT2D eigenvalue weighted by atomic mass is 10.3. The van der Waals surface area contributed by atoms with Crippen LogP contribution < -0.4 is 10.6 Å². The van der Waals surface area contributed by atoms with Crippen LogP contribution in [0.25, 0.3) is 0 Å². The van der Waals surface area contributed by atoms with E-state index < -0.39 is 0 Å². The maximum atomic E-state index is 12.3. The molecule has 28 heavy (non-hydrogen) atoms. The average molecular weight is 463 g/mol. The molecule has 0 aliphatic heterocycles. The molecule has 0 aliphatic rings. The number of amides is 2. The summed E-state index contributed by atoms with van der Waals surface area (Å²) in [5, 5.41) is 6.86. The lowest BCUT2D eigenvalue weighted by Crippen LogP contribution is -2.35. The number of halogens is 4. The molecule has 0 fully saturated rings. The summed E-state index contributed by atoms with van der Waals surface area (Å²) >= 11 is 24.2. The van der Waals surface area contributed by atoms with Gasteiger partial charge in [0.05, 0.1) is 38.0 Å². The zero-order valence-electron chi connectivity index (χ0n) is 15.1. The molecular weight excluding hydrogens is 444 g/mol. The van der Waals surface area contributed by atoms with Crippen LogP contribution >= 0.6 is 46.4 Å². The van der Waals surface area contributed by atoms with Crippen molar-refractivity contribution in [3.63, 3.8) is 0 Å². The average Bonchev–Trinajstić information content (AvgIpc) is 2.65. The molecular formula is C19H19Cl4N3O2. The smallest absolute Gasteiger partial charge is 0.238 e. The number of likely N-dealkylation sites (N-methyl/N-ethyl adjacent to an activating group) is 1. The third-order valence-electron chi connectivity index (χ3n) is 3.92. The molecule has 2 amide bonds. The van der Waals surface area contributed by atoms with Crippen LogP contribution in [-0.2, 0) is 9.59 Å². The highest BCUT2D eigenvalue weighted by Crippen LogP contribution is 2.30. The molecule has 0 aromatic heterocycles. The number of carbonyl (C=O) groups excluding carboxylic acids is 2. The van der Waals surface area contributed by atoms with Gasteiger partial charge in [0, 0.05) is 13.0 Å². The van der Waals surface area contributed by atoms with Crippen LogP contribution in [0.15, 0.2) is 36.4 Å². The van der Waals surface area contributed by atoms with Crippen molar-refractivity contribution in [1.29, 1.82) is 0 Å². The van der Waals surface area contributed by atoms with Crippen LogP contribution in [0.4, 0.5) is 11.4 Å². The van der Waals surface area contributed by atoms with Crippen molar-refractivity contribution in [3.05, 3.63) is 56.5 Å². The third kappa shape index (κ3) is 6.54. The molecule has 0 heterocycles. The maximum absolute atomic E-state index is 12.3. The van der Waals surface area contributed by atoms with Gasteiger partial charge in [-0.1, -0.05) is 65.5 Å². The Hall–Kier alpha value is -1.50. The lowest BCUT2D eigenvalue weighted by molar-refractivity contribution is -0.119. The molecule has 2 rings (SSSR count). The Bertz CT molecular complexity index is 821. The molecule has 5 nitrogen and oxygen atoms in total. The maximum Gasteiger partial charge on any atom is 0.238 e. The number of rotatable bonds is 8. The molecule has 0 spiro atoms. The lowest BCUT2D eigenvalue weighted by Gasteiger charge is -2.20. The quantitative estimate of drug-likeness (QED) is 0.537. The number of hydrogen-bond donors (Lipinski definition) is 2. The zero-order chi connectivity index (χ0) is 20.7. The van der Waals surface area contributed by atoms with E-state index in [1.165, 1.54) is 0 Å². The second-order valence-electron chi connectivity index (χ2n) is 5.91. The van der Waals surface area contributed by atoms with Gasteiger partial charge in [0.2, 0.25) is 11.8 Å². The van der Waals surface area contributed by atoms with E-state index in [2.05, 4.69) is 10.6 Å². The Morgan fingerprint density at radius 2 is 1.25 bits per heavy atom. The molecule has 2 aromatic carbocycles. The summed E-state index contributed by atoms with van der Waals surface area (Å²) in [4.78, 5) is 26.3. The van der Waals surface area contributed by atoms with Gasteiger partial charge in [-0.25, -0.2) is 0 Å². The highest BCUT2D eigenvalue weighted by Gasteiger charge is 2.15. The van der Waals surface area contributed by atoms with Gasteiger partial charge in [-0.05, 0) is 30.8 Å². The third-order valence-corrected chi connectivity index (χ3v) is 5.18. The number of para-hydroxylation sites is 2. The predicted octanol–water partition coefficient (Wildman–Crippen LogP) is 5.59. The first kappa shape index (κ1) is 22.8. The van der Waals surface area contributed by atoms with Crippen LogP contribution in [0, 0.1) is 0 Å². The van der Waals surface area contributed by atoms with E-state index in [1.54, 1.807) is 36.4 Å². The number of nitrogens with zero attached hydrogens (tertiary/aromatic N) is 1. The fourth-order valence-electron chi connectivity index (χ4n) is 2.43. The van der Waals surface area contributed by atoms with Gasteiger partial charge < -0.3 is 10.6 Å². The summed E-state index contributed by atoms with van der Waals surface area (Å²) in [5.41, 5.74) is 0.753. The fourth-order valence-corrected chi connectivity index (χ4v) is 3.41. The van der Waals surface area contributed by atoms with Gasteiger partial charge in [-0.3, -0.25) is 14.5 Å². The van der Waals surface area contributed by atoms with E-state index in [0.717, 1.165) is 0 Å². The van der Waals surface area contributed by atoms with E-state index >= 15 is 0 Å². The molecule has 0 bridgehead atoms. The van der Waals surface area contributed by atoms with Gasteiger partial charge in [0.15, 0.2) is 0 Å². The first-order chi connectivity index (χ1) is 13.3. The Labute approximate surface area is 183 Å². The Kier molecular flexibility index (Phi) is 8.86. The van der Waals surface area contributed by atoms with Crippen LogP contribution in [-0.4, -0.2) is 36.3 Å². The van der Waals surface area contributed by atoms with E-state index in [9.17, 15) is 9.59 Å². The van der Waals surface area contributed by atoms with Crippen LogP contribution in [0.1, 0.15) is 13.3 Å². The van der Waals surface area contributed by atoms with Crippen molar-refractivity contribution in [3.8, 4) is 0 Å². The highest BCUT2D eigenvalue weighted by molar-refractivity contribution is 6.40. The summed E-state index contributed by atoms with van der Waals surface area (Å²) in [6.07, 6.45) is 0.176. The Morgan fingerprint density at radius 3 is 1.68 bits per heavy atom. The SMILES string of the molecule is CCN(CCC(=O)Nc1c(Cl)cccc1Cl)CC(=O)Nc1c(Cl)cccc1Cl. The Balaban J connectivity index is 1.88. The predicted molar refractivity (Wildman–Crippen MR) is 117 cm³/mol. The van der Waals surface area contributed by atoms with Gasteiger partial charge in [0.25, 0.3) is 0 Å². The molecule has 0 aliphatic carbocycles. The molecule has 0 radical (unpaired) electrons. The van der Waals surface area contributed by atoms with Gasteiger partial charge in [0.1, 0.15) is 0 Å². The van der Waals surface area contributed by atoms with Gasteiger partial charge in [-0.15, -0.1) is 0 Å². The van der Waals surface area contributed by atoms with Gasteiger partial charge >= 0.3 is 0 Å². The van der Waals surface area contributed by atoms with E-state index in [4.69, 9.17) is 46.4 Å². The van der Waals surface area contributed by atoms with Crippen molar-refractivity contribution in [2.75, 3.05) is 30.3 Å². The summed E-state index contributed by atoms with van der Waals surface area (Å²) < 4.78 is 0. The van der Waals surface area contributed by atoms with Gasteiger partial charge in [-0.2, -0.15) is 0 Å². The first-order valence-electron chi connectivity index (χ1n) is 8.52. The minimum atomic E-state index is -0.272. The van der Waals surface area contributed by atoms with Crippen molar-refractivity contribution >= 4 is 69.6 Å². The van der Waals surface area contributed by atoms with Crippen LogP contribution in [0.2, 0.25) is 20.1 Å². The molecule has 2 aromatic rings. The van der Waals surface area contributed by atoms with E-state index in [1.807, 2.05) is 11.8 Å². The van der Waals surface area contributed by atoms with Crippen molar-refractivity contribution in [2.24, 2.45) is 0 Å². The number of hydrogen-bond acceptors (Lipinski definition) is 3. The standard InChI is InChI=1S/C19H19Cl4N3O2/c1-2-26(11-17(28)25-19-14(22)7-4-8-15(19)23)10-9-16(27)24-18-12(20)5-3-6-13(18)21/h3-8H,2,9-11H2,1H3,(H,24,27)(H,25,28). The topological polar surface area (TPSA) is 61.4 Å². The number of carbonyl (C=O) groups is 2. The zero-order valence-corrected chi connectivity index (χ0v) is 18.1. The van der Waals surface area contributed by atoms with Crippen molar-refractivity contribution in [1.82, 2.24) is 4.90 Å². The van der Waals surface area contributed by atoms with Crippen molar-refractivity contribution in [2.45, 2.75) is 13.3 Å². The summed E-state index contributed by atoms with van der Waals surface area (Å²) in [7, 11) is 0. The molecule has 0 unspecified atom stereocenters. The monoisotopic (exact) mass is 461 g/mol. The van der Waals surface area contributed by atoms with Crippen molar-refractivity contribution < 1.29 is 9.59 Å². The van der Waals surface area contributed by atoms with Crippen LogP contribution in [0.5, 0.6) is 0 Å². The second-order valence-corrected chi connectivity index (χ2v) is 7.54. The molecule has 150 valence electrons. The summed E-state index contributed by atoms with van der Waals surface area (Å²) in [6.45, 7) is 2.97. The summed E-state index contributed by atoms with van der Waals surface area (Å²) in [6, 6.07) is 9.97. The van der Waals surface area contributed by atoms with Crippen LogP contribution in [0.3, 0.4) is 0 Å². The van der Waals surface area contributed by atoms with E-state index in [0.29, 0.717) is 44.6 Å². The van der Waals surface area contributed by atoms with E-state index in [-0.39, 0.29) is 24.8 Å². The molecule has 9 heteroatoms. The molecule has 0 saturated heterocycles. The minimum Gasteiger partial charge on any atom is -0.324 e. The minimum absolute atomic E-state index is 0.0954. The highest BCUT2D eigenvalue weighted by atomic mass is 35.5. The number of anilines is 2.